The molecule has 5 aromatic rings. The van der Waals surface area contributed by atoms with Gasteiger partial charge in [0.15, 0.2) is 10.9 Å². The quantitative estimate of drug-likeness (QED) is 0.170. The van der Waals surface area contributed by atoms with Gasteiger partial charge >= 0.3 is 0 Å². The van der Waals surface area contributed by atoms with Crippen LogP contribution in [0.2, 0.25) is 0 Å². The predicted molar refractivity (Wildman–Crippen MR) is 151 cm³/mol. The van der Waals surface area contributed by atoms with Gasteiger partial charge in [0, 0.05) is 21.5 Å². The molecule has 0 heterocycles. The fourth-order valence-electron chi connectivity index (χ4n) is 5.22. The maximum Gasteiger partial charge on any atom is 0.194 e. The number of hydrogen-bond acceptors (Lipinski definition) is 4. The lowest BCUT2D eigenvalue weighted by Gasteiger charge is -2.06. The first-order chi connectivity index (χ1) is 17.6. The summed E-state index contributed by atoms with van der Waals surface area (Å²) in [4.78, 5) is 26.7. The smallest absolute Gasteiger partial charge is 0.194 e. The van der Waals surface area contributed by atoms with Gasteiger partial charge in [0.05, 0.1) is 13.2 Å². The molecular formula is C32H34O4. The summed E-state index contributed by atoms with van der Waals surface area (Å²) >= 11 is 0. The Balaban J connectivity index is 1.48. The Labute approximate surface area is 211 Å². The average Bonchev–Trinajstić information content (AvgIpc) is 3.33. The van der Waals surface area contributed by atoms with Gasteiger partial charge in [-0.25, -0.2) is 0 Å². The number of benzene rings is 3. The molecule has 0 saturated heterocycles. The second-order valence-corrected chi connectivity index (χ2v) is 9.83. The highest BCUT2D eigenvalue weighted by atomic mass is 16.5. The highest BCUT2D eigenvalue weighted by Crippen LogP contribution is 2.34. The SMILES string of the molecule is CCCCCCOc1ccc2c(c1)c(=O)c1cc3c(cc12)c(=O)c1cc(OCCCCCC)ccc13. The van der Waals surface area contributed by atoms with Crippen LogP contribution >= 0.6 is 0 Å². The Hall–Kier alpha value is -3.40. The molecule has 4 nitrogen and oxygen atoms in total. The van der Waals surface area contributed by atoms with E-state index in [0.717, 1.165) is 58.7 Å². The third-order valence-corrected chi connectivity index (χ3v) is 7.23. The molecule has 186 valence electrons. The third kappa shape index (κ3) is 4.57. The molecule has 4 heteroatoms. The van der Waals surface area contributed by atoms with Gasteiger partial charge in [0.25, 0.3) is 0 Å². The zero-order valence-corrected chi connectivity index (χ0v) is 21.3. The summed E-state index contributed by atoms with van der Waals surface area (Å²) in [5.74, 6) is 1.45. The van der Waals surface area contributed by atoms with Crippen LogP contribution in [0.1, 0.15) is 65.2 Å². The topological polar surface area (TPSA) is 52.6 Å². The molecule has 0 radical (unpaired) electrons. The van der Waals surface area contributed by atoms with E-state index in [1.807, 2.05) is 48.5 Å². The Morgan fingerprint density at radius 1 is 0.472 bits per heavy atom. The van der Waals surface area contributed by atoms with Crippen LogP contribution < -0.4 is 20.3 Å². The molecule has 0 aliphatic carbocycles. The van der Waals surface area contributed by atoms with E-state index >= 15 is 0 Å². The molecule has 0 atom stereocenters. The lowest BCUT2D eigenvalue weighted by molar-refractivity contribution is 0.305. The monoisotopic (exact) mass is 482 g/mol. The van der Waals surface area contributed by atoms with E-state index < -0.39 is 0 Å². The average molecular weight is 483 g/mol. The maximum absolute atomic E-state index is 13.3. The maximum atomic E-state index is 13.3. The summed E-state index contributed by atoms with van der Waals surface area (Å²) in [6, 6.07) is 15.2. The van der Waals surface area contributed by atoms with Crippen LogP contribution in [0.4, 0.5) is 0 Å². The summed E-state index contributed by atoms with van der Waals surface area (Å²) in [5, 5.41) is 6.01. The van der Waals surface area contributed by atoms with Crippen LogP contribution in [0.15, 0.2) is 58.1 Å². The van der Waals surface area contributed by atoms with Gasteiger partial charge < -0.3 is 9.47 Å². The minimum absolute atomic E-state index is 0.00725. The van der Waals surface area contributed by atoms with Gasteiger partial charge in [-0.15, -0.1) is 0 Å². The van der Waals surface area contributed by atoms with E-state index in [0.29, 0.717) is 34.8 Å². The molecule has 0 bridgehead atoms. The minimum Gasteiger partial charge on any atom is -0.494 e. The summed E-state index contributed by atoms with van der Waals surface area (Å²) in [6.07, 6.45) is 9.13. The Kier molecular flexibility index (Phi) is 7.22. The van der Waals surface area contributed by atoms with Crippen LogP contribution in [-0.2, 0) is 0 Å². The summed E-state index contributed by atoms with van der Waals surface area (Å²) in [5.41, 5.74) is -0.0145. The zero-order valence-electron chi connectivity index (χ0n) is 21.3. The van der Waals surface area contributed by atoms with Gasteiger partial charge in [-0.2, -0.15) is 0 Å². The van der Waals surface area contributed by atoms with Gasteiger partial charge in [-0.1, -0.05) is 52.4 Å². The van der Waals surface area contributed by atoms with Crippen LogP contribution in [0.5, 0.6) is 11.5 Å². The Morgan fingerprint density at radius 2 is 0.889 bits per heavy atom. The summed E-state index contributed by atoms with van der Waals surface area (Å²) in [7, 11) is 0. The third-order valence-electron chi connectivity index (χ3n) is 7.23. The molecule has 0 N–H and O–H groups in total. The first-order valence-electron chi connectivity index (χ1n) is 13.4. The molecule has 0 spiro atoms. The molecule has 0 aromatic heterocycles. The van der Waals surface area contributed by atoms with Crippen molar-refractivity contribution in [1.29, 1.82) is 0 Å². The van der Waals surface area contributed by atoms with Crippen molar-refractivity contribution < 1.29 is 9.47 Å². The second kappa shape index (κ2) is 10.7. The molecule has 0 aliphatic rings. The first kappa shape index (κ1) is 24.3. The van der Waals surface area contributed by atoms with Crippen LogP contribution in [0.3, 0.4) is 0 Å². The van der Waals surface area contributed by atoms with E-state index in [1.165, 1.54) is 25.7 Å². The molecule has 0 amide bonds. The lowest BCUT2D eigenvalue weighted by atomic mass is 10.1. The predicted octanol–water partition coefficient (Wildman–Crippen LogP) is 7.81. The molecule has 5 aromatic carbocycles. The fraction of sp³-hybridized carbons (Fsp3) is 0.375. The van der Waals surface area contributed by atoms with Crippen molar-refractivity contribution in [3.8, 4) is 11.5 Å². The molecule has 36 heavy (non-hydrogen) atoms. The van der Waals surface area contributed by atoms with Crippen LogP contribution in [-0.4, -0.2) is 13.2 Å². The molecule has 0 fully saturated rings. The second-order valence-electron chi connectivity index (χ2n) is 9.83. The van der Waals surface area contributed by atoms with Crippen molar-refractivity contribution in [2.75, 3.05) is 13.2 Å². The van der Waals surface area contributed by atoms with Crippen LogP contribution in [0.25, 0.3) is 43.1 Å². The van der Waals surface area contributed by atoms with Crippen molar-refractivity contribution in [3.05, 3.63) is 69.0 Å². The van der Waals surface area contributed by atoms with Gasteiger partial charge in [-0.3, -0.25) is 9.59 Å². The van der Waals surface area contributed by atoms with E-state index in [1.54, 1.807) is 0 Å². The number of ether oxygens (including phenoxy) is 2. The van der Waals surface area contributed by atoms with Crippen LogP contribution in [0, 0.1) is 0 Å². The van der Waals surface area contributed by atoms with E-state index in [4.69, 9.17) is 9.47 Å². The largest absolute Gasteiger partial charge is 0.494 e. The molecule has 0 saturated carbocycles. The molecule has 0 aliphatic heterocycles. The van der Waals surface area contributed by atoms with Crippen molar-refractivity contribution in [1.82, 2.24) is 0 Å². The van der Waals surface area contributed by atoms with Gasteiger partial charge in [-0.05, 0) is 82.9 Å². The Morgan fingerprint density at radius 3 is 1.31 bits per heavy atom. The zero-order chi connectivity index (χ0) is 25.1. The molecular weight excluding hydrogens is 448 g/mol. The van der Waals surface area contributed by atoms with Crippen molar-refractivity contribution in [2.45, 2.75) is 65.2 Å². The van der Waals surface area contributed by atoms with Crippen molar-refractivity contribution in [3.63, 3.8) is 0 Å². The van der Waals surface area contributed by atoms with Crippen molar-refractivity contribution >= 4 is 43.1 Å². The van der Waals surface area contributed by atoms with Gasteiger partial charge in [0.1, 0.15) is 11.5 Å². The normalized spacial score (nSPS) is 11.8. The fourth-order valence-corrected chi connectivity index (χ4v) is 5.22. The number of hydrogen-bond donors (Lipinski definition) is 0. The highest BCUT2D eigenvalue weighted by Gasteiger charge is 2.17. The molecule has 5 rings (SSSR count). The standard InChI is InChI=1S/C32H34O4/c1-3-5-7-9-15-35-21-11-13-23-25-19-30-26(20-29(25)31(33)27(23)17-21)24-14-12-22(18-28(24)32(30)34)36-16-10-8-6-4-2/h11-14,17-20H,3-10,15-16H2,1-2H3. The molecule has 0 unspecified atom stereocenters. The van der Waals surface area contributed by atoms with E-state index in [-0.39, 0.29) is 10.9 Å². The van der Waals surface area contributed by atoms with E-state index in [9.17, 15) is 9.59 Å². The number of rotatable bonds is 12. The van der Waals surface area contributed by atoms with Crippen molar-refractivity contribution in [2.24, 2.45) is 0 Å². The summed E-state index contributed by atoms with van der Waals surface area (Å²) < 4.78 is 11.8. The van der Waals surface area contributed by atoms with Gasteiger partial charge in [0.2, 0.25) is 0 Å². The summed E-state index contributed by atoms with van der Waals surface area (Å²) in [6.45, 7) is 5.69. The van der Waals surface area contributed by atoms with E-state index in [2.05, 4.69) is 13.8 Å². The first-order valence-corrected chi connectivity index (χ1v) is 13.4. The number of unbranched alkanes of at least 4 members (excludes halogenated alkanes) is 6. The minimum atomic E-state index is -0.00725. The number of fused-ring (bicyclic) bond motifs is 6. The lowest BCUT2D eigenvalue weighted by Crippen LogP contribution is -1.99. The Bertz CT molecular complexity index is 1480. The highest BCUT2D eigenvalue weighted by molar-refractivity contribution is 6.21.